The Kier molecular flexibility index (Phi) is 4.75. The van der Waals surface area contributed by atoms with Gasteiger partial charge in [0.2, 0.25) is 5.82 Å². The number of amides is 1. The number of fused-ring (bicyclic) bond motifs is 1. The molecule has 0 unspecified atom stereocenters. The summed E-state index contributed by atoms with van der Waals surface area (Å²) in [7, 11) is 0. The van der Waals surface area contributed by atoms with Crippen molar-refractivity contribution in [2.24, 2.45) is 0 Å². The molecule has 0 spiro atoms. The predicted octanol–water partition coefficient (Wildman–Crippen LogP) is 3.68. The summed E-state index contributed by atoms with van der Waals surface area (Å²) in [4.78, 5) is 15.0. The number of carbonyl (C=O) groups is 1. The third kappa shape index (κ3) is 3.43. The minimum Gasteiger partial charge on any atom is -0.335 e. The summed E-state index contributed by atoms with van der Waals surface area (Å²) in [5.41, 5.74) is 1.25. The molecule has 5 nitrogen and oxygen atoms in total. The molecule has 1 amide bonds. The minimum atomic E-state index is 0.0271. The first-order chi connectivity index (χ1) is 12.2. The summed E-state index contributed by atoms with van der Waals surface area (Å²) in [6.45, 7) is 2.39. The number of hydrogen-bond donors (Lipinski definition) is 0. The lowest BCUT2D eigenvalue weighted by molar-refractivity contribution is 0.0688. The Balaban J connectivity index is 1.52. The first kappa shape index (κ1) is 16.6. The van der Waals surface area contributed by atoms with E-state index in [1.54, 1.807) is 0 Å². The third-order valence-electron chi connectivity index (χ3n) is 5.35. The number of halogens is 1. The molecular weight excluding hydrogens is 336 g/mol. The molecule has 0 N–H and O–H groups in total. The van der Waals surface area contributed by atoms with E-state index in [9.17, 15) is 4.79 Å². The summed E-state index contributed by atoms with van der Waals surface area (Å²) in [5.74, 6) is 1.88. The van der Waals surface area contributed by atoms with E-state index in [-0.39, 0.29) is 5.91 Å². The SMILES string of the molecule is O=C(c1nnc2n1CCCCC2)N1CCC[C@H](c2ccc(Cl)cc2)C1. The van der Waals surface area contributed by atoms with Crippen molar-refractivity contribution in [2.75, 3.05) is 13.1 Å². The van der Waals surface area contributed by atoms with Gasteiger partial charge in [0.25, 0.3) is 5.91 Å². The minimum absolute atomic E-state index is 0.0271. The maximum Gasteiger partial charge on any atom is 0.291 e. The van der Waals surface area contributed by atoms with Crippen molar-refractivity contribution < 1.29 is 4.79 Å². The molecule has 3 heterocycles. The maximum atomic E-state index is 13.1. The first-order valence-electron chi connectivity index (χ1n) is 9.19. The summed E-state index contributed by atoms with van der Waals surface area (Å²) in [6, 6.07) is 8.00. The molecule has 132 valence electrons. The van der Waals surface area contributed by atoms with Crippen LogP contribution in [0.1, 0.15) is 60.0 Å². The predicted molar refractivity (Wildman–Crippen MR) is 96.9 cm³/mol. The van der Waals surface area contributed by atoms with Crippen LogP contribution in [0.15, 0.2) is 24.3 Å². The highest BCUT2D eigenvalue weighted by atomic mass is 35.5. The second-order valence-electron chi connectivity index (χ2n) is 7.04. The Morgan fingerprint density at radius 3 is 2.72 bits per heavy atom. The topological polar surface area (TPSA) is 51.0 Å². The molecule has 25 heavy (non-hydrogen) atoms. The van der Waals surface area contributed by atoms with Crippen LogP contribution >= 0.6 is 11.6 Å². The molecule has 2 aromatic rings. The number of nitrogens with zero attached hydrogens (tertiary/aromatic N) is 4. The number of benzene rings is 1. The van der Waals surface area contributed by atoms with Gasteiger partial charge in [0.05, 0.1) is 0 Å². The van der Waals surface area contributed by atoms with E-state index < -0.39 is 0 Å². The normalized spacial score (nSPS) is 20.8. The summed E-state index contributed by atoms with van der Waals surface area (Å²) in [5, 5.41) is 9.25. The van der Waals surface area contributed by atoms with Crippen molar-refractivity contribution in [2.45, 2.75) is 51.0 Å². The highest BCUT2D eigenvalue weighted by molar-refractivity contribution is 6.30. The maximum absolute atomic E-state index is 13.1. The monoisotopic (exact) mass is 358 g/mol. The zero-order chi connectivity index (χ0) is 17.2. The summed E-state index contributed by atoms with van der Waals surface area (Å²) >= 11 is 6.00. The number of rotatable bonds is 2. The van der Waals surface area contributed by atoms with Gasteiger partial charge in [0.15, 0.2) is 0 Å². The Labute approximate surface area is 153 Å². The molecule has 0 saturated carbocycles. The third-order valence-corrected chi connectivity index (χ3v) is 5.60. The van der Waals surface area contributed by atoms with Gasteiger partial charge in [-0.2, -0.15) is 0 Å². The van der Waals surface area contributed by atoms with Crippen molar-refractivity contribution in [3.05, 3.63) is 46.5 Å². The molecule has 1 aromatic heterocycles. The lowest BCUT2D eigenvalue weighted by atomic mass is 9.90. The van der Waals surface area contributed by atoms with Crippen LogP contribution in [-0.4, -0.2) is 38.7 Å². The van der Waals surface area contributed by atoms with E-state index in [0.717, 1.165) is 62.6 Å². The molecule has 1 saturated heterocycles. The molecule has 1 atom stereocenters. The van der Waals surface area contributed by atoms with Crippen LogP contribution < -0.4 is 0 Å². The molecule has 0 radical (unpaired) electrons. The van der Waals surface area contributed by atoms with Crippen LogP contribution in [0.3, 0.4) is 0 Å². The zero-order valence-corrected chi connectivity index (χ0v) is 15.1. The fourth-order valence-corrected chi connectivity index (χ4v) is 4.08. The van der Waals surface area contributed by atoms with E-state index in [0.29, 0.717) is 11.7 Å². The fraction of sp³-hybridized carbons (Fsp3) is 0.526. The van der Waals surface area contributed by atoms with Gasteiger partial charge in [-0.05, 0) is 43.4 Å². The van der Waals surface area contributed by atoms with Gasteiger partial charge in [-0.3, -0.25) is 4.79 Å². The molecule has 2 aliphatic heterocycles. The molecule has 4 rings (SSSR count). The smallest absolute Gasteiger partial charge is 0.291 e. The lowest BCUT2D eigenvalue weighted by Gasteiger charge is -2.32. The van der Waals surface area contributed by atoms with Crippen molar-refractivity contribution in [3.63, 3.8) is 0 Å². The number of aryl methyl sites for hydroxylation is 1. The van der Waals surface area contributed by atoms with E-state index in [1.807, 2.05) is 21.6 Å². The van der Waals surface area contributed by atoms with Crippen molar-refractivity contribution in [1.29, 1.82) is 0 Å². The van der Waals surface area contributed by atoms with Gasteiger partial charge < -0.3 is 9.47 Å². The second-order valence-corrected chi connectivity index (χ2v) is 7.48. The first-order valence-corrected chi connectivity index (χ1v) is 9.57. The van der Waals surface area contributed by atoms with Crippen molar-refractivity contribution >= 4 is 17.5 Å². The molecular formula is C19H23ClN4O. The average molecular weight is 359 g/mol. The molecule has 0 aliphatic carbocycles. The second kappa shape index (κ2) is 7.16. The van der Waals surface area contributed by atoms with Crippen LogP contribution in [0.4, 0.5) is 0 Å². The van der Waals surface area contributed by atoms with Gasteiger partial charge in [-0.1, -0.05) is 30.2 Å². The van der Waals surface area contributed by atoms with Crippen LogP contribution in [-0.2, 0) is 13.0 Å². The lowest BCUT2D eigenvalue weighted by Crippen LogP contribution is -2.40. The van der Waals surface area contributed by atoms with Crippen LogP contribution in [0.2, 0.25) is 5.02 Å². The molecule has 6 heteroatoms. The van der Waals surface area contributed by atoms with Gasteiger partial charge in [0, 0.05) is 37.0 Å². The fourth-order valence-electron chi connectivity index (χ4n) is 3.95. The quantitative estimate of drug-likeness (QED) is 0.822. The Morgan fingerprint density at radius 2 is 1.88 bits per heavy atom. The van der Waals surface area contributed by atoms with E-state index in [1.165, 1.54) is 12.0 Å². The Morgan fingerprint density at radius 1 is 1.04 bits per heavy atom. The standard InChI is InChI=1S/C19H23ClN4O/c20-16-9-7-14(8-10-16)15-5-4-11-23(13-15)19(25)18-22-21-17-6-2-1-3-12-24(17)18/h7-10,15H,1-6,11-13H2/t15-/m0/s1. The number of hydrogen-bond acceptors (Lipinski definition) is 3. The van der Waals surface area contributed by atoms with Gasteiger partial charge in [-0.15, -0.1) is 10.2 Å². The largest absolute Gasteiger partial charge is 0.335 e. The van der Waals surface area contributed by atoms with Gasteiger partial charge in [-0.25, -0.2) is 0 Å². The molecule has 0 bridgehead atoms. The van der Waals surface area contributed by atoms with Gasteiger partial charge in [0.1, 0.15) is 5.82 Å². The summed E-state index contributed by atoms with van der Waals surface area (Å²) in [6.07, 6.45) is 6.46. The highest BCUT2D eigenvalue weighted by Crippen LogP contribution is 2.28. The van der Waals surface area contributed by atoms with Crippen LogP contribution in [0.5, 0.6) is 0 Å². The number of carbonyl (C=O) groups excluding carboxylic acids is 1. The van der Waals surface area contributed by atoms with Gasteiger partial charge >= 0.3 is 0 Å². The Hall–Kier alpha value is -1.88. The molecule has 1 aromatic carbocycles. The van der Waals surface area contributed by atoms with Crippen LogP contribution in [0.25, 0.3) is 0 Å². The number of aromatic nitrogens is 3. The average Bonchev–Trinajstić information content (AvgIpc) is 2.90. The zero-order valence-electron chi connectivity index (χ0n) is 14.3. The van der Waals surface area contributed by atoms with E-state index in [4.69, 9.17) is 11.6 Å². The molecule has 1 fully saturated rings. The van der Waals surface area contributed by atoms with Crippen molar-refractivity contribution in [1.82, 2.24) is 19.7 Å². The molecule has 2 aliphatic rings. The number of piperidine rings is 1. The van der Waals surface area contributed by atoms with Crippen LogP contribution in [0, 0.1) is 0 Å². The summed E-state index contributed by atoms with van der Waals surface area (Å²) < 4.78 is 2.04. The van der Waals surface area contributed by atoms with Crippen molar-refractivity contribution in [3.8, 4) is 0 Å². The number of likely N-dealkylation sites (tertiary alicyclic amines) is 1. The highest BCUT2D eigenvalue weighted by Gasteiger charge is 2.29. The Bertz CT molecular complexity index is 755. The van der Waals surface area contributed by atoms with E-state index >= 15 is 0 Å². The van der Waals surface area contributed by atoms with E-state index in [2.05, 4.69) is 22.3 Å².